The van der Waals surface area contributed by atoms with Crippen molar-refractivity contribution < 1.29 is 27.1 Å². The van der Waals surface area contributed by atoms with Gasteiger partial charge in [-0.2, -0.15) is 4.31 Å². The molecule has 0 aromatic heterocycles. The highest BCUT2D eigenvalue weighted by Gasteiger charge is 2.39. The highest BCUT2D eigenvalue weighted by Crippen LogP contribution is 2.19. The second-order valence-electron chi connectivity index (χ2n) is 5.08. The molecule has 0 bridgehead atoms. The van der Waals surface area contributed by atoms with Crippen molar-refractivity contribution in [2.45, 2.75) is 18.2 Å². The van der Waals surface area contributed by atoms with E-state index in [1.165, 1.54) is 31.4 Å². The summed E-state index contributed by atoms with van der Waals surface area (Å²) in [6.07, 6.45) is -0.356. The largest absolute Gasteiger partial charge is 0.469 e. The molecule has 1 N–H and O–H groups in total. The fourth-order valence-electron chi connectivity index (χ4n) is 2.34. The summed E-state index contributed by atoms with van der Waals surface area (Å²) in [4.78, 5) is 23.4. The number of carbonyl (C=O) groups is 2. The molecule has 1 amide bonds. The minimum Gasteiger partial charge on any atom is -0.469 e. The van der Waals surface area contributed by atoms with Crippen LogP contribution in [0.5, 0.6) is 0 Å². The number of amides is 1. The molecule has 0 radical (unpaired) electrons. The van der Waals surface area contributed by atoms with Gasteiger partial charge in [-0.1, -0.05) is 12.1 Å². The first-order chi connectivity index (χ1) is 10.8. The first-order valence-corrected chi connectivity index (χ1v) is 8.53. The Morgan fingerprint density at radius 3 is 2.65 bits per heavy atom. The van der Waals surface area contributed by atoms with Crippen LogP contribution in [0.25, 0.3) is 0 Å². The van der Waals surface area contributed by atoms with Crippen molar-refractivity contribution in [3.8, 4) is 0 Å². The van der Waals surface area contributed by atoms with Gasteiger partial charge < -0.3 is 10.1 Å². The van der Waals surface area contributed by atoms with Crippen LogP contribution in [-0.2, 0) is 30.1 Å². The Labute approximate surface area is 133 Å². The number of hydrogen-bond acceptors (Lipinski definition) is 5. The molecule has 1 atom stereocenters. The highest BCUT2D eigenvalue weighted by atomic mass is 32.2. The van der Waals surface area contributed by atoms with Gasteiger partial charge in [0.25, 0.3) is 0 Å². The first-order valence-electron chi connectivity index (χ1n) is 6.92. The Hall–Kier alpha value is -2.00. The van der Waals surface area contributed by atoms with Gasteiger partial charge in [-0.25, -0.2) is 12.8 Å². The molecule has 1 aliphatic heterocycles. The number of carbonyl (C=O) groups excluding carboxylic acids is 2. The lowest BCUT2D eigenvalue weighted by molar-refractivity contribution is -0.144. The van der Waals surface area contributed by atoms with Gasteiger partial charge in [0.1, 0.15) is 11.9 Å². The summed E-state index contributed by atoms with van der Waals surface area (Å²) in [5.74, 6) is -2.05. The van der Waals surface area contributed by atoms with E-state index in [0.29, 0.717) is 5.56 Å². The number of hydrogen-bond donors (Lipinski definition) is 1. The average Bonchev–Trinajstić information content (AvgIpc) is 2.51. The zero-order chi connectivity index (χ0) is 17.0. The van der Waals surface area contributed by atoms with Gasteiger partial charge in [-0.05, 0) is 17.7 Å². The average molecular weight is 344 g/mol. The van der Waals surface area contributed by atoms with Crippen LogP contribution in [0.4, 0.5) is 4.39 Å². The van der Waals surface area contributed by atoms with Crippen molar-refractivity contribution in [2.75, 3.05) is 20.2 Å². The third-order valence-electron chi connectivity index (χ3n) is 3.49. The van der Waals surface area contributed by atoms with Crippen LogP contribution < -0.4 is 5.32 Å². The van der Waals surface area contributed by atoms with Crippen molar-refractivity contribution >= 4 is 21.9 Å². The van der Waals surface area contributed by atoms with E-state index in [9.17, 15) is 22.4 Å². The predicted molar refractivity (Wildman–Crippen MR) is 79.2 cm³/mol. The zero-order valence-electron chi connectivity index (χ0n) is 12.5. The molecule has 1 aliphatic rings. The summed E-state index contributed by atoms with van der Waals surface area (Å²) in [5.41, 5.74) is 0.397. The number of benzene rings is 1. The summed E-state index contributed by atoms with van der Waals surface area (Å²) in [5, 5.41) is 2.53. The summed E-state index contributed by atoms with van der Waals surface area (Å²) >= 11 is 0. The number of methoxy groups -OCH3 is 1. The number of ether oxygens (including phenoxy) is 1. The van der Waals surface area contributed by atoms with Crippen molar-refractivity contribution in [1.82, 2.24) is 9.62 Å². The number of nitrogens with zero attached hydrogens (tertiary/aromatic N) is 1. The van der Waals surface area contributed by atoms with Crippen LogP contribution in [0, 0.1) is 5.82 Å². The molecular formula is C14H17FN2O5S. The van der Waals surface area contributed by atoms with Crippen LogP contribution >= 0.6 is 0 Å². The summed E-state index contributed by atoms with van der Waals surface area (Å²) in [6.45, 7) is 0.232. The molecule has 7 nitrogen and oxygen atoms in total. The smallest absolute Gasteiger partial charge is 0.307 e. The number of esters is 1. The standard InChI is InChI=1S/C14H17FN2O5S/c1-22-13(18)8-12-14(19)16-6-7-17(12)23(20,21)9-10-2-4-11(15)5-3-10/h2-5,12H,6-9H2,1H3,(H,16,19)/t12-/m1/s1. The summed E-state index contributed by atoms with van der Waals surface area (Å²) < 4.78 is 43.6. The van der Waals surface area contributed by atoms with E-state index in [4.69, 9.17) is 0 Å². The second-order valence-corrected chi connectivity index (χ2v) is 7.00. The quantitative estimate of drug-likeness (QED) is 0.760. The molecule has 0 spiro atoms. The maximum absolute atomic E-state index is 12.9. The minimum absolute atomic E-state index is 0.0664. The lowest BCUT2D eigenvalue weighted by Crippen LogP contribution is -2.57. The van der Waals surface area contributed by atoms with Gasteiger partial charge in [0.15, 0.2) is 0 Å². The van der Waals surface area contributed by atoms with Crippen molar-refractivity contribution in [3.63, 3.8) is 0 Å². The molecule has 2 rings (SSSR count). The number of nitrogens with one attached hydrogen (secondary N) is 1. The topological polar surface area (TPSA) is 92.8 Å². The Bertz CT molecular complexity index is 690. The van der Waals surface area contributed by atoms with E-state index in [1.54, 1.807) is 0 Å². The molecule has 1 aromatic rings. The Kier molecular flexibility index (Phi) is 5.32. The van der Waals surface area contributed by atoms with E-state index in [-0.39, 0.29) is 25.3 Å². The number of halogens is 1. The Balaban J connectivity index is 2.22. The number of sulfonamides is 1. The van der Waals surface area contributed by atoms with E-state index in [2.05, 4.69) is 10.1 Å². The molecule has 1 saturated heterocycles. The van der Waals surface area contributed by atoms with E-state index in [0.717, 1.165) is 4.31 Å². The van der Waals surface area contributed by atoms with Gasteiger partial charge >= 0.3 is 5.97 Å². The molecule has 0 saturated carbocycles. The second kappa shape index (κ2) is 7.05. The maximum Gasteiger partial charge on any atom is 0.307 e. The van der Waals surface area contributed by atoms with Crippen LogP contribution in [-0.4, -0.2) is 50.8 Å². The number of rotatable bonds is 5. The van der Waals surface area contributed by atoms with Crippen LogP contribution in [0.1, 0.15) is 12.0 Å². The zero-order valence-corrected chi connectivity index (χ0v) is 13.3. The summed E-state index contributed by atoms with van der Waals surface area (Å²) in [7, 11) is -2.68. The Morgan fingerprint density at radius 2 is 2.04 bits per heavy atom. The minimum atomic E-state index is -3.84. The molecule has 1 heterocycles. The first kappa shape index (κ1) is 17.4. The van der Waals surface area contributed by atoms with Gasteiger partial charge in [0.05, 0.1) is 19.3 Å². The van der Waals surface area contributed by atoms with Crippen molar-refractivity contribution in [1.29, 1.82) is 0 Å². The van der Waals surface area contributed by atoms with E-state index in [1.807, 2.05) is 0 Å². The number of piperazine rings is 1. The normalized spacial score (nSPS) is 19.2. The van der Waals surface area contributed by atoms with E-state index < -0.39 is 33.8 Å². The van der Waals surface area contributed by atoms with Crippen molar-refractivity contribution in [2.24, 2.45) is 0 Å². The van der Waals surface area contributed by atoms with Crippen LogP contribution in [0.3, 0.4) is 0 Å². The van der Waals surface area contributed by atoms with Gasteiger partial charge in [-0.3, -0.25) is 9.59 Å². The van der Waals surface area contributed by atoms with Gasteiger partial charge in [-0.15, -0.1) is 0 Å². The summed E-state index contributed by atoms with van der Waals surface area (Å²) in [6, 6.07) is 3.93. The SMILES string of the molecule is COC(=O)C[C@@H]1C(=O)NCCN1S(=O)(=O)Cc1ccc(F)cc1. The molecular weight excluding hydrogens is 327 g/mol. The fraction of sp³-hybridized carbons (Fsp3) is 0.429. The third kappa shape index (κ3) is 4.26. The van der Waals surface area contributed by atoms with Crippen molar-refractivity contribution in [3.05, 3.63) is 35.6 Å². The van der Waals surface area contributed by atoms with Gasteiger partial charge in [0.2, 0.25) is 15.9 Å². The monoisotopic (exact) mass is 344 g/mol. The Morgan fingerprint density at radius 1 is 1.39 bits per heavy atom. The van der Waals surface area contributed by atoms with E-state index >= 15 is 0 Å². The molecule has 1 aromatic carbocycles. The maximum atomic E-state index is 12.9. The van der Waals surface area contributed by atoms with Crippen LogP contribution in [0.2, 0.25) is 0 Å². The molecule has 0 unspecified atom stereocenters. The highest BCUT2D eigenvalue weighted by molar-refractivity contribution is 7.88. The predicted octanol–water partition coefficient (Wildman–Crippen LogP) is 0.0190. The lowest BCUT2D eigenvalue weighted by atomic mass is 10.1. The van der Waals surface area contributed by atoms with Gasteiger partial charge in [0, 0.05) is 13.1 Å². The molecule has 0 aliphatic carbocycles. The molecule has 126 valence electrons. The lowest BCUT2D eigenvalue weighted by Gasteiger charge is -2.33. The van der Waals surface area contributed by atoms with Crippen LogP contribution in [0.15, 0.2) is 24.3 Å². The molecule has 9 heteroatoms. The molecule has 1 fully saturated rings. The molecule has 23 heavy (non-hydrogen) atoms. The third-order valence-corrected chi connectivity index (χ3v) is 5.34. The fourth-order valence-corrected chi connectivity index (χ4v) is 4.04.